The average molecular weight is 456 g/mol. The van der Waals surface area contributed by atoms with E-state index >= 15 is 0 Å². The lowest BCUT2D eigenvalue weighted by atomic mass is 9.84. The van der Waals surface area contributed by atoms with Gasteiger partial charge in [-0.1, -0.05) is 24.3 Å². The van der Waals surface area contributed by atoms with E-state index in [1.165, 1.54) is 18.5 Å². The summed E-state index contributed by atoms with van der Waals surface area (Å²) in [6.45, 7) is 0. The van der Waals surface area contributed by atoms with Crippen LogP contribution in [0.5, 0.6) is 17.2 Å². The van der Waals surface area contributed by atoms with Gasteiger partial charge in [0, 0.05) is 16.7 Å². The van der Waals surface area contributed by atoms with Gasteiger partial charge < -0.3 is 19.5 Å². The number of fused-ring (bicyclic) bond motifs is 3. The van der Waals surface area contributed by atoms with Crippen molar-refractivity contribution >= 4 is 11.6 Å². The summed E-state index contributed by atoms with van der Waals surface area (Å²) < 4.78 is 33.5. The predicted molar refractivity (Wildman–Crippen MR) is 124 cm³/mol. The van der Waals surface area contributed by atoms with Gasteiger partial charge in [-0.15, -0.1) is 0 Å². The number of anilines is 1. The maximum atomic E-state index is 13.8. The van der Waals surface area contributed by atoms with Crippen LogP contribution in [0, 0.1) is 5.82 Å². The molecule has 0 saturated heterocycles. The third-order valence-electron chi connectivity index (χ3n) is 6.23. The number of methoxy groups -OCH3 is 2. The van der Waals surface area contributed by atoms with Crippen molar-refractivity contribution in [2.75, 3.05) is 19.5 Å². The van der Waals surface area contributed by atoms with E-state index in [0.29, 0.717) is 17.4 Å². The molecule has 6 rings (SSSR count). The summed E-state index contributed by atoms with van der Waals surface area (Å²) in [5, 5.41) is 7.95. The van der Waals surface area contributed by atoms with E-state index in [9.17, 15) is 4.39 Å². The van der Waals surface area contributed by atoms with Crippen LogP contribution in [0.4, 0.5) is 10.3 Å². The Labute approximate surface area is 195 Å². The number of rotatable bonds is 4. The van der Waals surface area contributed by atoms with Gasteiger partial charge in [0.15, 0.2) is 6.10 Å². The van der Waals surface area contributed by atoms with Crippen LogP contribution in [0.15, 0.2) is 78.6 Å². The number of nitrogens with one attached hydrogen (secondary N) is 1. The SMILES string of the molecule is COc1ccc(OC)c([C@H]2Oc3ccccc3C3=C2[C@H](c2ccc(F)cc2)n2ncnc2N3)c1. The second-order valence-corrected chi connectivity index (χ2v) is 8.04. The van der Waals surface area contributed by atoms with Crippen LogP contribution in [-0.2, 0) is 0 Å². The van der Waals surface area contributed by atoms with Gasteiger partial charge in [-0.2, -0.15) is 10.1 Å². The van der Waals surface area contributed by atoms with Crippen molar-refractivity contribution in [3.63, 3.8) is 0 Å². The normalized spacial score (nSPS) is 18.2. The van der Waals surface area contributed by atoms with E-state index < -0.39 is 6.10 Å². The van der Waals surface area contributed by atoms with Crippen molar-refractivity contribution in [2.24, 2.45) is 0 Å². The van der Waals surface area contributed by atoms with Gasteiger partial charge >= 0.3 is 0 Å². The summed E-state index contributed by atoms with van der Waals surface area (Å²) in [6.07, 6.45) is 0.973. The van der Waals surface area contributed by atoms with E-state index in [-0.39, 0.29) is 11.9 Å². The Bertz CT molecular complexity index is 1410. The summed E-state index contributed by atoms with van der Waals surface area (Å²) >= 11 is 0. The zero-order valence-corrected chi connectivity index (χ0v) is 18.5. The van der Waals surface area contributed by atoms with Crippen LogP contribution in [0.2, 0.25) is 0 Å². The first-order chi connectivity index (χ1) is 16.7. The number of nitrogens with zero attached hydrogens (tertiary/aromatic N) is 3. The number of para-hydroxylation sites is 1. The number of hydrogen-bond acceptors (Lipinski definition) is 6. The highest BCUT2D eigenvalue weighted by molar-refractivity contribution is 5.85. The molecule has 3 heterocycles. The van der Waals surface area contributed by atoms with Gasteiger partial charge in [-0.3, -0.25) is 0 Å². The molecule has 170 valence electrons. The molecule has 2 atom stereocenters. The first kappa shape index (κ1) is 20.3. The van der Waals surface area contributed by atoms with Crippen LogP contribution >= 0.6 is 0 Å². The van der Waals surface area contributed by atoms with Gasteiger partial charge in [0.1, 0.15) is 35.4 Å². The second-order valence-electron chi connectivity index (χ2n) is 8.04. The van der Waals surface area contributed by atoms with E-state index in [1.807, 2.05) is 42.5 Å². The Morgan fingerprint density at radius 1 is 1.00 bits per heavy atom. The molecule has 0 spiro atoms. The minimum Gasteiger partial charge on any atom is -0.497 e. The molecule has 4 aromatic rings. The Hall–Kier alpha value is -4.33. The Morgan fingerprint density at radius 2 is 1.82 bits per heavy atom. The van der Waals surface area contributed by atoms with Crippen molar-refractivity contribution in [1.29, 1.82) is 0 Å². The molecule has 0 saturated carbocycles. The molecule has 34 heavy (non-hydrogen) atoms. The lowest BCUT2D eigenvalue weighted by Gasteiger charge is -2.39. The first-order valence-electron chi connectivity index (χ1n) is 10.8. The van der Waals surface area contributed by atoms with Crippen molar-refractivity contribution in [1.82, 2.24) is 14.8 Å². The Morgan fingerprint density at radius 3 is 2.62 bits per heavy atom. The maximum absolute atomic E-state index is 13.8. The van der Waals surface area contributed by atoms with Gasteiger partial charge in [0.05, 0.1) is 19.9 Å². The molecule has 1 aromatic heterocycles. The molecule has 2 aliphatic rings. The second kappa shape index (κ2) is 7.91. The lowest BCUT2D eigenvalue weighted by Crippen LogP contribution is -2.32. The first-order valence-corrected chi connectivity index (χ1v) is 10.8. The van der Waals surface area contributed by atoms with Crippen molar-refractivity contribution in [3.8, 4) is 17.2 Å². The quantitative estimate of drug-likeness (QED) is 0.466. The molecule has 0 bridgehead atoms. The zero-order chi connectivity index (χ0) is 23.2. The highest BCUT2D eigenvalue weighted by Gasteiger charge is 2.41. The molecule has 0 unspecified atom stereocenters. The Kier molecular flexibility index (Phi) is 4.72. The monoisotopic (exact) mass is 456 g/mol. The van der Waals surface area contributed by atoms with E-state index in [4.69, 9.17) is 14.2 Å². The molecule has 0 amide bonds. The van der Waals surface area contributed by atoms with Crippen molar-refractivity contribution < 1.29 is 18.6 Å². The topological polar surface area (TPSA) is 70.4 Å². The van der Waals surface area contributed by atoms with E-state index in [1.54, 1.807) is 31.0 Å². The number of benzene rings is 3. The highest BCUT2D eigenvalue weighted by Crippen LogP contribution is 2.52. The third kappa shape index (κ3) is 3.10. The molecule has 1 N–H and O–H groups in total. The van der Waals surface area contributed by atoms with Gasteiger partial charge in [-0.25, -0.2) is 9.07 Å². The minimum absolute atomic E-state index is 0.304. The summed E-state index contributed by atoms with van der Waals surface area (Å²) in [5.41, 5.74) is 4.37. The number of halogens is 1. The van der Waals surface area contributed by atoms with Gasteiger partial charge in [0.25, 0.3) is 0 Å². The minimum atomic E-state index is -0.533. The fourth-order valence-electron chi connectivity index (χ4n) is 4.69. The molecule has 0 fully saturated rings. The van der Waals surface area contributed by atoms with Gasteiger partial charge in [0.2, 0.25) is 5.95 Å². The molecular weight excluding hydrogens is 435 g/mol. The third-order valence-corrected chi connectivity index (χ3v) is 6.23. The molecule has 7 nitrogen and oxygen atoms in total. The predicted octanol–water partition coefficient (Wildman–Crippen LogP) is 4.99. The number of hydrogen-bond donors (Lipinski definition) is 1. The average Bonchev–Trinajstić information content (AvgIpc) is 3.35. The molecule has 3 aromatic carbocycles. The zero-order valence-electron chi connectivity index (χ0n) is 18.5. The summed E-state index contributed by atoms with van der Waals surface area (Å²) in [6, 6.07) is 19.5. The fraction of sp³-hybridized carbons (Fsp3) is 0.154. The van der Waals surface area contributed by atoms with Crippen molar-refractivity contribution in [2.45, 2.75) is 12.1 Å². The van der Waals surface area contributed by atoms with Crippen LogP contribution in [0.1, 0.15) is 28.8 Å². The summed E-state index contributed by atoms with van der Waals surface area (Å²) in [4.78, 5) is 4.42. The van der Waals surface area contributed by atoms with Crippen LogP contribution in [0.3, 0.4) is 0 Å². The fourth-order valence-corrected chi connectivity index (χ4v) is 4.69. The molecule has 0 radical (unpaired) electrons. The number of ether oxygens (including phenoxy) is 3. The largest absolute Gasteiger partial charge is 0.497 e. The van der Waals surface area contributed by atoms with Gasteiger partial charge in [-0.05, 0) is 48.0 Å². The summed E-state index contributed by atoms with van der Waals surface area (Å²) in [5.74, 6) is 2.38. The maximum Gasteiger partial charge on any atom is 0.226 e. The van der Waals surface area contributed by atoms with E-state index in [2.05, 4.69) is 15.4 Å². The molecular formula is C26H21FN4O3. The highest BCUT2D eigenvalue weighted by atomic mass is 19.1. The number of aromatic nitrogens is 3. The summed E-state index contributed by atoms with van der Waals surface area (Å²) in [7, 11) is 3.25. The molecule has 2 aliphatic heterocycles. The molecule has 8 heteroatoms. The Balaban J connectivity index is 1.64. The van der Waals surface area contributed by atoms with E-state index in [0.717, 1.165) is 33.7 Å². The van der Waals surface area contributed by atoms with Crippen molar-refractivity contribution in [3.05, 3.63) is 101 Å². The lowest BCUT2D eigenvalue weighted by molar-refractivity contribution is 0.217. The van der Waals surface area contributed by atoms with Crippen LogP contribution in [0.25, 0.3) is 5.70 Å². The molecule has 0 aliphatic carbocycles. The smallest absolute Gasteiger partial charge is 0.226 e. The standard InChI is InChI=1S/C26H21FN4O3/c1-32-17-11-12-20(33-2)19(13-17)25-22-23(18-5-3-4-6-21(18)34-25)30-26-28-14-29-31(26)24(22)15-7-9-16(27)10-8-15/h3-14,24-25H,1-2H3,(H,28,29,30)/t24-,25+/m0/s1. The van der Waals surface area contributed by atoms with Crippen LogP contribution < -0.4 is 19.5 Å². The van der Waals surface area contributed by atoms with Crippen LogP contribution in [-0.4, -0.2) is 29.0 Å².